The van der Waals surface area contributed by atoms with Gasteiger partial charge in [-0.2, -0.15) is 0 Å². The molecule has 2 aromatic carbocycles. The second kappa shape index (κ2) is 6.16. The van der Waals surface area contributed by atoms with E-state index >= 15 is 0 Å². The van der Waals surface area contributed by atoms with E-state index in [-0.39, 0.29) is 10.6 Å². The first kappa shape index (κ1) is 14.0. The van der Waals surface area contributed by atoms with Crippen molar-refractivity contribution in [3.05, 3.63) is 69.3 Å². The lowest BCUT2D eigenvalue weighted by Crippen LogP contribution is -2.02. The summed E-state index contributed by atoms with van der Waals surface area (Å²) in [5.41, 5.74) is 9.66. The van der Waals surface area contributed by atoms with Crippen molar-refractivity contribution in [3.8, 4) is 0 Å². The summed E-state index contributed by atoms with van der Waals surface area (Å²) in [7, 11) is 0. The van der Waals surface area contributed by atoms with Crippen LogP contribution < -0.4 is 11.1 Å². The Morgan fingerprint density at radius 2 is 1.80 bits per heavy atom. The third-order valence-corrected chi connectivity index (χ3v) is 3.16. The van der Waals surface area contributed by atoms with Crippen LogP contribution in [0.4, 0.5) is 11.4 Å². The fourth-order valence-corrected chi connectivity index (χ4v) is 1.95. The Hall–Kier alpha value is -2.40. The van der Waals surface area contributed by atoms with Gasteiger partial charge in [0, 0.05) is 30.9 Å². The lowest BCUT2D eigenvalue weighted by atomic mass is 10.1. The van der Waals surface area contributed by atoms with Gasteiger partial charge in [-0.05, 0) is 29.7 Å². The van der Waals surface area contributed by atoms with Gasteiger partial charge in [-0.3, -0.25) is 10.1 Å². The molecule has 20 heavy (non-hydrogen) atoms. The smallest absolute Gasteiger partial charge is 0.269 e. The SMILES string of the molecule is Cc1cc([N+](=O)[O-])ccc1NCc1ccc(CN)cc1. The van der Waals surface area contributed by atoms with Crippen LogP contribution in [0.25, 0.3) is 0 Å². The molecule has 104 valence electrons. The highest BCUT2D eigenvalue weighted by molar-refractivity contribution is 5.55. The number of nitro groups is 1. The number of nitrogens with two attached hydrogens (primary N) is 1. The summed E-state index contributed by atoms with van der Waals surface area (Å²) in [5.74, 6) is 0. The molecule has 5 nitrogen and oxygen atoms in total. The largest absolute Gasteiger partial charge is 0.381 e. The zero-order chi connectivity index (χ0) is 14.5. The van der Waals surface area contributed by atoms with Crippen LogP contribution in [0.1, 0.15) is 16.7 Å². The molecule has 5 heteroatoms. The van der Waals surface area contributed by atoms with Gasteiger partial charge in [-0.15, -0.1) is 0 Å². The third-order valence-electron chi connectivity index (χ3n) is 3.16. The summed E-state index contributed by atoms with van der Waals surface area (Å²) >= 11 is 0. The predicted molar refractivity (Wildman–Crippen MR) is 79.5 cm³/mol. The van der Waals surface area contributed by atoms with Gasteiger partial charge >= 0.3 is 0 Å². The van der Waals surface area contributed by atoms with E-state index in [9.17, 15) is 10.1 Å². The van der Waals surface area contributed by atoms with E-state index in [1.165, 1.54) is 6.07 Å². The maximum absolute atomic E-state index is 10.7. The van der Waals surface area contributed by atoms with Gasteiger partial charge in [0.25, 0.3) is 5.69 Å². The van der Waals surface area contributed by atoms with Crippen LogP contribution >= 0.6 is 0 Å². The van der Waals surface area contributed by atoms with E-state index in [4.69, 9.17) is 5.73 Å². The van der Waals surface area contributed by atoms with Gasteiger partial charge < -0.3 is 11.1 Å². The molecular formula is C15H17N3O2. The predicted octanol–water partition coefficient (Wildman–Crippen LogP) is 2.97. The minimum Gasteiger partial charge on any atom is -0.381 e. The van der Waals surface area contributed by atoms with Gasteiger partial charge in [-0.1, -0.05) is 24.3 Å². The Bertz CT molecular complexity index is 609. The van der Waals surface area contributed by atoms with Crippen LogP contribution in [0.5, 0.6) is 0 Å². The summed E-state index contributed by atoms with van der Waals surface area (Å²) in [4.78, 5) is 10.3. The van der Waals surface area contributed by atoms with Gasteiger partial charge in [0.05, 0.1) is 4.92 Å². The van der Waals surface area contributed by atoms with Crippen LogP contribution in [0.15, 0.2) is 42.5 Å². The van der Waals surface area contributed by atoms with E-state index in [0.717, 1.165) is 22.4 Å². The molecule has 0 fully saturated rings. The van der Waals surface area contributed by atoms with Crippen LogP contribution in [-0.4, -0.2) is 4.92 Å². The molecule has 0 bridgehead atoms. The molecule has 0 aliphatic carbocycles. The van der Waals surface area contributed by atoms with Gasteiger partial charge in [0.15, 0.2) is 0 Å². The number of nitro benzene ring substituents is 1. The number of anilines is 1. The normalized spacial score (nSPS) is 10.3. The molecule has 0 saturated carbocycles. The Morgan fingerprint density at radius 3 is 2.35 bits per heavy atom. The lowest BCUT2D eigenvalue weighted by molar-refractivity contribution is -0.384. The van der Waals surface area contributed by atoms with Crippen molar-refractivity contribution < 1.29 is 4.92 Å². The quantitative estimate of drug-likeness (QED) is 0.647. The second-order valence-corrected chi connectivity index (χ2v) is 4.63. The molecule has 0 aromatic heterocycles. The summed E-state index contributed by atoms with van der Waals surface area (Å²) < 4.78 is 0. The van der Waals surface area contributed by atoms with E-state index in [1.807, 2.05) is 31.2 Å². The fraction of sp³-hybridized carbons (Fsp3) is 0.200. The molecular weight excluding hydrogens is 254 g/mol. The molecule has 0 heterocycles. The number of rotatable bonds is 5. The molecule has 2 aromatic rings. The Balaban J connectivity index is 2.04. The van der Waals surface area contributed by atoms with Gasteiger partial charge in [-0.25, -0.2) is 0 Å². The van der Waals surface area contributed by atoms with Crippen molar-refractivity contribution in [1.29, 1.82) is 0 Å². The van der Waals surface area contributed by atoms with E-state index in [0.29, 0.717) is 13.1 Å². The van der Waals surface area contributed by atoms with Crippen molar-refractivity contribution in [2.75, 3.05) is 5.32 Å². The highest BCUT2D eigenvalue weighted by Gasteiger charge is 2.07. The Kier molecular flexibility index (Phi) is 4.32. The summed E-state index contributed by atoms with van der Waals surface area (Å²) in [5, 5.41) is 14.0. The standard InChI is InChI=1S/C15H17N3O2/c1-11-8-14(18(19)20)6-7-15(11)17-10-13-4-2-12(9-16)3-5-13/h2-8,17H,9-10,16H2,1H3. The van der Waals surface area contributed by atoms with Crippen molar-refractivity contribution in [2.24, 2.45) is 5.73 Å². The fourth-order valence-electron chi connectivity index (χ4n) is 1.95. The summed E-state index contributed by atoms with van der Waals surface area (Å²) in [6.07, 6.45) is 0. The first-order valence-electron chi connectivity index (χ1n) is 6.37. The number of non-ortho nitro benzene ring substituents is 1. The third kappa shape index (κ3) is 3.33. The van der Waals surface area contributed by atoms with E-state index in [1.54, 1.807) is 12.1 Å². The van der Waals surface area contributed by atoms with Gasteiger partial charge in [0.2, 0.25) is 0 Å². The van der Waals surface area contributed by atoms with Gasteiger partial charge in [0.1, 0.15) is 0 Å². The number of nitrogens with one attached hydrogen (secondary N) is 1. The molecule has 0 spiro atoms. The average molecular weight is 271 g/mol. The maximum atomic E-state index is 10.7. The van der Waals surface area contributed by atoms with Crippen LogP contribution in [0.2, 0.25) is 0 Å². The molecule has 0 atom stereocenters. The molecule has 0 amide bonds. The Labute approximate surface area is 117 Å². The lowest BCUT2D eigenvalue weighted by Gasteiger charge is -2.10. The number of nitrogens with zero attached hydrogens (tertiary/aromatic N) is 1. The summed E-state index contributed by atoms with van der Waals surface area (Å²) in [6, 6.07) is 12.9. The maximum Gasteiger partial charge on any atom is 0.269 e. The van der Waals surface area contributed by atoms with Crippen LogP contribution in [0.3, 0.4) is 0 Å². The number of hydrogen-bond donors (Lipinski definition) is 2. The van der Waals surface area contributed by atoms with Crippen LogP contribution in [0, 0.1) is 17.0 Å². The molecule has 0 unspecified atom stereocenters. The number of benzene rings is 2. The van der Waals surface area contributed by atoms with E-state index in [2.05, 4.69) is 5.32 Å². The Morgan fingerprint density at radius 1 is 1.15 bits per heavy atom. The highest BCUT2D eigenvalue weighted by atomic mass is 16.6. The minimum atomic E-state index is -0.387. The minimum absolute atomic E-state index is 0.111. The molecule has 0 saturated heterocycles. The van der Waals surface area contributed by atoms with E-state index < -0.39 is 0 Å². The first-order chi connectivity index (χ1) is 9.60. The highest BCUT2D eigenvalue weighted by Crippen LogP contribution is 2.21. The number of hydrogen-bond acceptors (Lipinski definition) is 4. The van der Waals surface area contributed by atoms with Crippen molar-refractivity contribution in [1.82, 2.24) is 0 Å². The number of aryl methyl sites for hydroxylation is 1. The topological polar surface area (TPSA) is 81.2 Å². The van der Waals surface area contributed by atoms with Crippen molar-refractivity contribution >= 4 is 11.4 Å². The van der Waals surface area contributed by atoms with Crippen molar-refractivity contribution in [2.45, 2.75) is 20.0 Å². The first-order valence-corrected chi connectivity index (χ1v) is 6.37. The molecule has 0 aliphatic heterocycles. The van der Waals surface area contributed by atoms with Crippen LogP contribution in [-0.2, 0) is 13.1 Å². The molecule has 3 N–H and O–H groups in total. The second-order valence-electron chi connectivity index (χ2n) is 4.63. The average Bonchev–Trinajstić information content (AvgIpc) is 2.46. The molecule has 2 rings (SSSR count). The molecule has 0 aliphatic rings. The summed E-state index contributed by atoms with van der Waals surface area (Å²) in [6.45, 7) is 3.06. The van der Waals surface area contributed by atoms with Crippen molar-refractivity contribution in [3.63, 3.8) is 0 Å². The zero-order valence-electron chi connectivity index (χ0n) is 11.3. The monoisotopic (exact) mass is 271 g/mol. The molecule has 0 radical (unpaired) electrons. The zero-order valence-corrected chi connectivity index (χ0v) is 11.3.